The van der Waals surface area contributed by atoms with Crippen LogP contribution in [-0.2, 0) is 33.3 Å². The van der Waals surface area contributed by atoms with Crippen molar-refractivity contribution in [2.24, 2.45) is 28.6 Å². The van der Waals surface area contributed by atoms with Crippen LogP contribution in [0.5, 0.6) is 0 Å². The number of fused-ring (bicyclic) bond motifs is 5. The van der Waals surface area contributed by atoms with Gasteiger partial charge < -0.3 is 33.9 Å². The molecule has 0 spiro atoms. The summed E-state index contributed by atoms with van der Waals surface area (Å²) in [4.78, 5) is 23.4. The molecule has 0 bridgehead atoms. The molecule has 4 saturated carbocycles. The molecule has 0 aromatic rings. The third kappa shape index (κ3) is 4.37. The maximum atomic E-state index is 12.4. The number of esters is 2. The molecule has 10 heteroatoms. The van der Waals surface area contributed by atoms with E-state index in [1.807, 2.05) is 6.92 Å². The Morgan fingerprint density at radius 1 is 1.12 bits per heavy atom. The minimum absolute atomic E-state index is 0.0761. The number of nitriles is 1. The molecule has 232 valence electrons. The second kappa shape index (κ2) is 10.6. The fraction of sp³-hybridized carbons (Fsp3) is 0.844. The van der Waals surface area contributed by atoms with Gasteiger partial charge in [-0.1, -0.05) is 6.92 Å². The van der Waals surface area contributed by atoms with Crippen LogP contribution in [0.25, 0.3) is 0 Å². The molecule has 42 heavy (non-hydrogen) atoms. The van der Waals surface area contributed by atoms with Gasteiger partial charge in [0.1, 0.15) is 12.7 Å². The molecule has 0 radical (unpaired) electrons. The van der Waals surface area contributed by atoms with E-state index >= 15 is 0 Å². The van der Waals surface area contributed by atoms with Gasteiger partial charge in [-0.05, 0) is 81.6 Å². The summed E-state index contributed by atoms with van der Waals surface area (Å²) in [6, 6.07) is 2.62. The Labute approximate surface area is 247 Å². The molecule has 4 aliphatic carbocycles. The Morgan fingerprint density at radius 2 is 1.88 bits per heavy atom. The molecule has 6 rings (SSSR count). The number of methoxy groups -OCH3 is 1. The van der Waals surface area contributed by atoms with E-state index < -0.39 is 46.5 Å². The van der Waals surface area contributed by atoms with Crippen molar-refractivity contribution in [1.29, 1.82) is 5.26 Å². The van der Waals surface area contributed by atoms with Crippen molar-refractivity contribution >= 4 is 11.9 Å². The van der Waals surface area contributed by atoms with Crippen molar-refractivity contribution in [2.45, 2.75) is 127 Å². The van der Waals surface area contributed by atoms with E-state index in [4.69, 9.17) is 23.7 Å². The first-order valence-electron chi connectivity index (χ1n) is 15.6. The van der Waals surface area contributed by atoms with Gasteiger partial charge in [-0.15, -0.1) is 0 Å². The lowest BCUT2D eigenvalue weighted by Crippen LogP contribution is -2.68. The van der Waals surface area contributed by atoms with E-state index in [1.54, 1.807) is 13.2 Å². The van der Waals surface area contributed by atoms with Gasteiger partial charge in [-0.2, -0.15) is 5.26 Å². The van der Waals surface area contributed by atoms with Crippen LogP contribution in [0.15, 0.2) is 11.6 Å². The van der Waals surface area contributed by atoms with E-state index in [2.05, 4.69) is 13.0 Å². The molecule has 2 aliphatic heterocycles. The van der Waals surface area contributed by atoms with Crippen molar-refractivity contribution < 1.29 is 43.5 Å². The molecule has 0 amide bonds. The summed E-state index contributed by atoms with van der Waals surface area (Å²) in [6.07, 6.45) is 5.16. The van der Waals surface area contributed by atoms with Gasteiger partial charge in [0.05, 0.1) is 34.9 Å². The SMILES string of the molecule is CO[C@@H]1C[C@H](O[C@H]2CC[C@]3(C#N)[C@H]4CC[C@]5(C)[C@@H](C6=CC(=O)OC6)CC[C@]5(O)[C@@H]4CC[C@]3(O)C2)O[C@H](C)[C@@H]1OC(C)=O. The third-order valence-corrected chi connectivity index (χ3v) is 12.3. The molecule has 0 unspecified atom stereocenters. The minimum Gasteiger partial charge on any atom is -0.458 e. The Bertz CT molecular complexity index is 1180. The quantitative estimate of drug-likeness (QED) is 0.363. The van der Waals surface area contributed by atoms with Gasteiger partial charge in [0.2, 0.25) is 0 Å². The predicted octanol–water partition coefficient (Wildman–Crippen LogP) is 3.33. The second-order valence-corrected chi connectivity index (χ2v) is 14.0. The number of hydrogen-bond donors (Lipinski definition) is 2. The van der Waals surface area contributed by atoms with E-state index in [0.717, 1.165) is 24.8 Å². The van der Waals surface area contributed by atoms with Crippen molar-refractivity contribution in [2.75, 3.05) is 13.7 Å². The maximum Gasteiger partial charge on any atom is 0.331 e. The van der Waals surface area contributed by atoms with Crippen LogP contribution in [0.4, 0.5) is 0 Å². The van der Waals surface area contributed by atoms with E-state index in [-0.39, 0.29) is 35.9 Å². The van der Waals surface area contributed by atoms with E-state index in [1.165, 1.54) is 6.92 Å². The molecule has 1 saturated heterocycles. The van der Waals surface area contributed by atoms with Gasteiger partial charge in [0.15, 0.2) is 12.4 Å². The van der Waals surface area contributed by atoms with Gasteiger partial charge in [-0.3, -0.25) is 4.79 Å². The molecule has 0 aromatic carbocycles. The smallest absolute Gasteiger partial charge is 0.331 e. The lowest BCUT2D eigenvalue weighted by molar-refractivity contribution is -0.288. The number of carbonyl (C=O) groups is 2. The highest BCUT2D eigenvalue weighted by Crippen LogP contribution is 2.70. The Balaban J connectivity index is 1.18. The van der Waals surface area contributed by atoms with E-state index in [9.17, 15) is 25.1 Å². The van der Waals surface area contributed by atoms with Crippen molar-refractivity contribution in [3.8, 4) is 6.07 Å². The number of nitrogens with zero attached hydrogens (tertiary/aromatic N) is 1. The fourth-order valence-electron chi connectivity index (χ4n) is 10.3. The Hall–Kier alpha value is -2.03. The first-order chi connectivity index (χ1) is 19.9. The molecule has 2 heterocycles. The second-order valence-electron chi connectivity index (χ2n) is 14.0. The Kier molecular flexibility index (Phi) is 7.54. The van der Waals surface area contributed by atoms with Crippen molar-refractivity contribution in [1.82, 2.24) is 0 Å². The standard InChI is InChI=1S/C32H45NO9/c1-18-28(41-19(2)34)25(38-4)14-27(40-18)42-21-5-10-30(17-33)23-6-9-29(3)22(20-13-26(35)39-16-20)8-12-32(29,37)24(23)7-11-31(30,36)15-21/h13,18,21-25,27-28,36-37H,5-12,14-16H2,1-4H3/t18-,21+,22-,23+,24-,25-,27+,28+,29-,30+,31+,32+/m1/s1. The first kappa shape index (κ1) is 30.0. The normalized spacial score (nSPS) is 50.0. The topological polar surface area (TPSA) is 145 Å². The van der Waals surface area contributed by atoms with E-state index in [0.29, 0.717) is 51.6 Å². The summed E-state index contributed by atoms with van der Waals surface area (Å²) in [5, 5.41) is 35.4. The van der Waals surface area contributed by atoms with Gasteiger partial charge in [-0.25, -0.2) is 4.79 Å². The average Bonchev–Trinajstić information content (AvgIpc) is 3.48. The van der Waals surface area contributed by atoms with Gasteiger partial charge >= 0.3 is 11.9 Å². The molecule has 2 N–H and O–H groups in total. The number of rotatable bonds is 5. The number of ether oxygens (including phenoxy) is 5. The zero-order valence-corrected chi connectivity index (χ0v) is 25.2. The van der Waals surface area contributed by atoms with Crippen LogP contribution in [-0.4, -0.2) is 77.8 Å². The highest BCUT2D eigenvalue weighted by molar-refractivity contribution is 5.85. The maximum absolute atomic E-state index is 12.4. The molecule has 5 fully saturated rings. The molecule has 12 atom stereocenters. The predicted molar refractivity (Wildman–Crippen MR) is 147 cm³/mol. The zero-order valence-electron chi connectivity index (χ0n) is 25.2. The Morgan fingerprint density at radius 3 is 2.55 bits per heavy atom. The number of cyclic esters (lactones) is 1. The van der Waals surface area contributed by atoms with Crippen LogP contribution in [0.3, 0.4) is 0 Å². The summed E-state index contributed by atoms with van der Waals surface area (Å²) >= 11 is 0. The molecular formula is C32H45NO9. The largest absolute Gasteiger partial charge is 0.458 e. The summed E-state index contributed by atoms with van der Waals surface area (Å²) in [7, 11) is 1.58. The highest BCUT2D eigenvalue weighted by Gasteiger charge is 2.72. The highest BCUT2D eigenvalue weighted by atomic mass is 16.7. The van der Waals surface area contributed by atoms with Crippen LogP contribution < -0.4 is 0 Å². The molecule has 0 aromatic heterocycles. The van der Waals surface area contributed by atoms with Crippen LogP contribution in [0.1, 0.15) is 85.0 Å². The first-order valence-corrected chi connectivity index (χ1v) is 15.6. The van der Waals surface area contributed by atoms with Crippen LogP contribution in [0, 0.1) is 39.9 Å². The third-order valence-electron chi connectivity index (χ3n) is 12.3. The molecular weight excluding hydrogens is 542 g/mol. The van der Waals surface area contributed by atoms with Crippen LogP contribution in [0.2, 0.25) is 0 Å². The summed E-state index contributed by atoms with van der Waals surface area (Å²) < 4.78 is 28.7. The van der Waals surface area contributed by atoms with Crippen molar-refractivity contribution in [3.05, 3.63) is 11.6 Å². The van der Waals surface area contributed by atoms with Gasteiger partial charge in [0, 0.05) is 38.4 Å². The number of aliphatic hydroxyl groups is 2. The van der Waals surface area contributed by atoms with Crippen molar-refractivity contribution in [3.63, 3.8) is 0 Å². The number of hydrogen-bond acceptors (Lipinski definition) is 10. The zero-order chi connectivity index (χ0) is 30.1. The lowest BCUT2D eigenvalue weighted by Gasteiger charge is -2.64. The fourth-order valence-corrected chi connectivity index (χ4v) is 10.3. The molecule has 10 nitrogen and oxygen atoms in total. The lowest BCUT2D eigenvalue weighted by atomic mass is 9.41. The summed E-state index contributed by atoms with van der Waals surface area (Å²) in [5.74, 6) is -0.844. The number of carbonyl (C=O) groups excluding carboxylic acids is 2. The molecule has 6 aliphatic rings. The summed E-state index contributed by atoms with van der Waals surface area (Å²) in [5.41, 5.74) is -2.59. The minimum atomic E-state index is -1.23. The van der Waals surface area contributed by atoms with Crippen LogP contribution >= 0.6 is 0 Å². The van der Waals surface area contributed by atoms with Gasteiger partial charge in [0.25, 0.3) is 0 Å². The summed E-state index contributed by atoms with van der Waals surface area (Å²) in [6.45, 7) is 5.64. The average molecular weight is 588 g/mol. The monoisotopic (exact) mass is 587 g/mol.